The summed E-state index contributed by atoms with van der Waals surface area (Å²) in [6, 6.07) is 10.2. The average molecular weight is 383 g/mol. The van der Waals surface area contributed by atoms with Crippen LogP contribution in [-0.4, -0.2) is 23.2 Å². The van der Waals surface area contributed by atoms with Gasteiger partial charge in [-0.1, -0.05) is 30.0 Å². The van der Waals surface area contributed by atoms with Crippen LogP contribution in [-0.2, 0) is 13.6 Å². The standard InChI is InChI=1S/C18H30O3SSi2/c1-8-19-18(21-24(5,6)7)14-16(20-23(2,3)4)15-22-17-12-10-9-11-13-17/h9-15H,8H2,1-7H3/b16-15+,18-14+. The van der Waals surface area contributed by atoms with Gasteiger partial charge in [0, 0.05) is 10.3 Å². The first-order valence-electron chi connectivity index (χ1n) is 8.23. The largest absolute Gasteiger partial charge is 0.544 e. The third-order valence-corrected chi connectivity index (χ3v) is 4.99. The van der Waals surface area contributed by atoms with Crippen molar-refractivity contribution in [3.8, 4) is 0 Å². The van der Waals surface area contributed by atoms with Gasteiger partial charge in [0.15, 0.2) is 0 Å². The van der Waals surface area contributed by atoms with Crippen molar-refractivity contribution in [2.75, 3.05) is 6.61 Å². The Balaban J connectivity index is 3.03. The summed E-state index contributed by atoms with van der Waals surface area (Å²) in [6.07, 6.45) is 1.88. The Hall–Kier alpha value is -1.12. The zero-order chi connectivity index (χ0) is 18.2. The van der Waals surface area contributed by atoms with Crippen molar-refractivity contribution in [3.05, 3.63) is 53.5 Å². The summed E-state index contributed by atoms with van der Waals surface area (Å²) in [5, 5.41) is 2.03. The van der Waals surface area contributed by atoms with Crippen LogP contribution in [0.25, 0.3) is 0 Å². The summed E-state index contributed by atoms with van der Waals surface area (Å²) in [4.78, 5) is 1.17. The van der Waals surface area contributed by atoms with Gasteiger partial charge in [0.05, 0.1) is 12.7 Å². The van der Waals surface area contributed by atoms with Crippen molar-refractivity contribution < 1.29 is 13.6 Å². The first-order valence-corrected chi connectivity index (χ1v) is 15.9. The van der Waals surface area contributed by atoms with Crippen molar-refractivity contribution in [3.63, 3.8) is 0 Å². The van der Waals surface area contributed by atoms with Crippen molar-refractivity contribution >= 4 is 28.4 Å². The molecule has 0 heterocycles. The van der Waals surface area contributed by atoms with Gasteiger partial charge in [-0.3, -0.25) is 0 Å². The highest BCUT2D eigenvalue weighted by Gasteiger charge is 2.21. The summed E-state index contributed by atoms with van der Waals surface area (Å²) in [5.74, 6) is 1.35. The van der Waals surface area contributed by atoms with Gasteiger partial charge in [-0.05, 0) is 58.3 Å². The maximum absolute atomic E-state index is 6.21. The van der Waals surface area contributed by atoms with Crippen LogP contribution < -0.4 is 0 Å². The molecule has 0 spiro atoms. The number of hydrogen-bond donors (Lipinski definition) is 0. The van der Waals surface area contributed by atoms with Gasteiger partial charge in [-0.25, -0.2) is 0 Å². The quantitative estimate of drug-likeness (QED) is 0.220. The zero-order valence-corrected chi connectivity index (χ0v) is 18.7. The van der Waals surface area contributed by atoms with Gasteiger partial charge >= 0.3 is 0 Å². The Morgan fingerprint density at radius 3 is 2.04 bits per heavy atom. The molecule has 0 radical (unpaired) electrons. The predicted octanol–water partition coefficient (Wildman–Crippen LogP) is 6.20. The number of hydrogen-bond acceptors (Lipinski definition) is 4. The lowest BCUT2D eigenvalue weighted by molar-refractivity contribution is 0.111. The summed E-state index contributed by atoms with van der Waals surface area (Å²) in [6.45, 7) is 15.5. The van der Waals surface area contributed by atoms with Gasteiger partial charge in [0.25, 0.3) is 5.95 Å². The topological polar surface area (TPSA) is 27.7 Å². The van der Waals surface area contributed by atoms with Crippen LogP contribution >= 0.6 is 11.8 Å². The van der Waals surface area contributed by atoms with Crippen LogP contribution in [0.3, 0.4) is 0 Å². The van der Waals surface area contributed by atoms with Crippen LogP contribution in [0.4, 0.5) is 0 Å². The van der Waals surface area contributed by atoms with Crippen molar-refractivity contribution in [2.24, 2.45) is 0 Å². The predicted molar refractivity (Wildman–Crippen MR) is 109 cm³/mol. The average Bonchev–Trinajstić information content (AvgIpc) is 2.43. The molecule has 0 aromatic heterocycles. The highest BCUT2D eigenvalue weighted by Crippen LogP contribution is 2.24. The summed E-state index contributed by atoms with van der Waals surface area (Å²) >= 11 is 1.64. The molecule has 3 nitrogen and oxygen atoms in total. The van der Waals surface area contributed by atoms with Crippen molar-refractivity contribution in [2.45, 2.75) is 51.1 Å². The van der Waals surface area contributed by atoms with Gasteiger partial charge in [0.1, 0.15) is 5.76 Å². The van der Waals surface area contributed by atoms with E-state index in [0.717, 1.165) is 5.76 Å². The van der Waals surface area contributed by atoms with Gasteiger partial charge in [-0.15, -0.1) is 0 Å². The molecule has 0 saturated heterocycles. The highest BCUT2D eigenvalue weighted by molar-refractivity contribution is 8.02. The van der Waals surface area contributed by atoms with Crippen molar-refractivity contribution in [1.82, 2.24) is 0 Å². The molecule has 0 bridgehead atoms. The molecule has 1 aromatic carbocycles. The second-order valence-electron chi connectivity index (χ2n) is 7.28. The Labute approximate surface area is 153 Å². The second-order valence-corrected chi connectivity index (χ2v) is 17.1. The molecule has 0 atom stereocenters. The summed E-state index contributed by atoms with van der Waals surface area (Å²) in [5.41, 5.74) is 0. The molecule has 1 rings (SSSR count). The molecule has 0 saturated carbocycles. The van der Waals surface area contributed by atoms with E-state index >= 15 is 0 Å². The van der Waals surface area contributed by atoms with Gasteiger partial charge in [-0.2, -0.15) is 0 Å². The molecule has 24 heavy (non-hydrogen) atoms. The molecule has 0 fully saturated rings. The minimum absolute atomic E-state index is 0.551. The van der Waals surface area contributed by atoms with E-state index in [1.165, 1.54) is 4.90 Å². The molecular formula is C18H30O3SSi2. The van der Waals surface area contributed by atoms with E-state index in [4.69, 9.17) is 13.6 Å². The number of thioether (sulfide) groups is 1. The monoisotopic (exact) mass is 382 g/mol. The smallest absolute Gasteiger partial charge is 0.269 e. The third kappa shape index (κ3) is 9.90. The highest BCUT2D eigenvalue weighted by atomic mass is 32.2. The lowest BCUT2D eigenvalue weighted by atomic mass is 10.4. The van der Waals surface area contributed by atoms with Gasteiger partial charge < -0.3 is 13.6 Å². The summed E-state index contributed by atoms with van der Waals surface area (Å²) in [7, 11) is -3.47. The molecule has 0 aliphatic heterocycles. The molecule has 0 aliphatic carbocycles. The Kier molecular flexibility index (Phi) is 8.19. The first kappa shape index (κ1) is 20.9. The van der Waals surface area contributed by atoms with E-state index in [2.05, 4.69) is 51.4 Å². The molecule has 0 unspecified atom stereocenters. The molecule has 0 N–H and O–H groups in total. The fourth-order valence-electron chi connectivity index (χ4n) is 1.73. The van der Waals surface area contributed by atoms with E-state index in [1.54, 1.807) is 11.8 Å². The van der Waals surface area contributed by atoms with E-state index in [9.17, 15) is 0 Å². The molecule has 6 heteroatoms. The maximum Gasteiger partial charge on any atom is 0.269 e. The van der Waals surface area contributed by atoms with Crippen LogP contribution in [0, 0.1) is 0 Å². The van der Waals surface area contributed by atoms with E-state index in [1.807, 2.05) is 36.6 Å². The maximum atomic E-state index is 6.21. The number of ether oxygens (including phenoxy) is 1. The minimum Gasteiger partial charge on any atom is -0.544 e. The lowest BCUT2D eigenvalue weighted by Crippen LogP contribution is -2.27. The first-order chi connectivity index (χ1) is 11.1. The molecule has 1 aromatic rings. The Morgan fingerprint density at radius 2 is 1.54 bits per heavy atom. The van der Waals surface area contributed by atoms with E-state index in [0.29, 0.717) is 12.6 Å². The van der Waals surface area contributed by atoms with Crippen LogP contribution in [0.2, 0.25) is 39.3 Å². The molecule has 134 valence electrons. The van der Waals surface area contributed by atoms with E-state index in [-0.39, 0.29) is 0 Å². The second kappa shape index (κ2) is 9.39. The van der Waals surface area contributed by atoms with Crippen molar-refractivity contribution in [1.29, 1.82) is 0 Å². The molecular weight excluding hydrogens is 352 g/mol. The normalized spacial score (nSPS) is 13.6. The fraction of sp³-hybridized carbons (Fsp3) is 0.444. The fourth-order valence-corrected chi connectivity index (χ4v) is 4.04. The molecule has 0 aliphatic rings. The van der Waals surface area contributed by atoms with Gasteiger partial charge in [0.2, 0.25) is 16.6 Å². The zero-order valence-electron chi connectivity index (χ0n) is 15.9. The number of allylic oxidation sites excluding steroid dienone is 1. The summed E-state index contributed by atoms with van der Waals surface area (Å²) < 4.78 is 17.9. The van der Waals surface area contributed by atoms with E-state index < -0.39 is 16.6 Å². The minimum atomic E-state index is -1.74. The molecule has 0 amide bonds. The third-order valence-electron chi connectivity index (χ3n) is 2.43. The van der Waals surface area contributed by atoms with Crippen LogP contribution in [0.5, 0.6) is 0 Å². The SMILES string of the molecule is CCO/C(=C\C(=C/Sc1ccccc1)O[Si](C)(C)C)O[Si](C)(C)C. The number of benzene rings is 1. The number of rotatable bonds is 9. The lowest BCUT2D eigenvalue weighted by Gasteiger charge is -2.24. The van der Waals surface area contributed by atoms with Crippen LogP contribution in [0.1, 0.15) is 6.92 Å². The Morgan fingerprint density at radius 1 is 0.958 bits per heavy atom. The Bertz CT molecular complexity index is 558. The van der Waals surface area contributed by atoms with Crippen LogP contribution in [0.15, 0.2) is 58.4 Å².